The molecule has 0 aliphatic heterocycles. The van der Waals surface area contributed by atoms with Gasteiger partial charge in [-0.2, -0.15) is 0 Å². The molecule has 0 saturated carbocycles. The van der Waals surface area contributed by atoms with Crippen molar-refractivity contribution < 1.29 is 14.3 Å². The number of nitrogens with two attached hydrogens (primary N) is 1. The molecule has 0 rings (SSSR count). The first-order valence-corrected chi connectivity index (χ1v) is 5.10. The molecule has 0 unspecified atom stereocenters. The monoisotopic (exact) mass is 216 g/mol. The van der Waals surface area contributed by atoms with Crippen molar-refractivity contribution in [1.82, 2.24) is 4.90 Å². The Kier molecular flexibility index (Phi) is 6.70. The van der Waals surface area contributed by atoms with Gasteiger partial charge in [0.1, 0.15) is 6.54 Å². The molecule has 15 heavy (non-hydrogen) atoms. The van der Waals surface area contributed by atoms with Crippen LogP contribution >= 0.6 is 0 Å². The summed E-state index contributed by atoms with van der Waals surface area (Å²) < 4.78 is 4.46. The number of esters is 1. The van der Waals surface area contributed by atoms with Crippen LogP contribution in [0, 0.1) is 0 Å². The minimum atomic E-state index is -0.514. The van der Waals surface area contributed by atoms with E-state index in [9.17, 15) is 9.59 Å². The summed E-state index contributed by atoms with van der Waals surface area (Å²) in [6, 6.07) is -0.514. The zero-order chi connectivity index (χ0) is 11.8. The van der Waals surface area contributed by atoms with Gasteiger partial charge in [-0.05, 0) is 6.42 Å². The third-order valence-electron chi connectivity index (χ3n) is 2.16. The van der Waals surface area contributed by atoms with Gasteiger partial charge in [0, 0.05) is 7.05 Å². The van der Waals surface area contributed by atoms with Gasteiger partial charge < -0.3 is 15.4 Å². The molecule has 0 fully saturated rings. The smallest absolute Gasteiger partial charge is 0.325 e. The molecule has 0 saturated heterocycles. The number of carbonyl (C=O) groups is 2. The lowest BCUT2D eigenvalue weighted by atomic mass is 10.1. The highest BCUT2D eigenvalue weighted by Gasteiger charge is 2.19. The Labute approximate surface area is 90.6 Å². The number of hydrogen-bond donors (Lipinski definition) is 1. The van der Waals surface area contributed by atoms with E-state index in [1.54, 1.807) is 7.05 Å². The van der Waals surface area contributed by atoms with E-state index in [2.05, 4.69) is 4.74 Å². The van der Waals surface area contributed by atoms with Crippen molar-refractivity contribution in [3.63, 3.8) is 0 Å². The number of rotatable bonds is 6. The summed E-state index contributed by atoms with van der Waals surface area (Å²) in [4.78, 5) is 23.8. The van der Waals surface area contributed by atoms with E-state index in [1.165, 1.54) is 12.0 Å². The number of amides is 1. The van der Waals surface area contributed by atoms with E-state index in [-0.39, 0.29) is 12.5 Å². The second kappa shape index (κ2) is 7.23. The molecule has 0 aliphatic rings. The molecule has 1 atom stereocenters. The Morgan fingerprint density at radius 2 is 2.07 bits per heavy atom. The second-order valence-electron chi connectivity index (χ2n) is 3.52. The first kappa shape index (κ1) is 13.9. The van der Waals surface area contributed by atoms with Crippen LogP contribution in [0.4, 0.5) is 0 Å². The Bertz CT molecular complexity index is 219. The number of nitrogens with zero attached hydrogens (tertiary/aromatic N) is 1. The van der Waals surface area contributed by atoms with Gasteiger partial charge in [0.2, 0.25) is 5.91 Å². The van der Waals surface area contributed by atoms with Crippen LogP contribution in [0.25, 0.3) is 0 Å². The molecule has 1 amide bonds. The van der Waals surface area contributed by atoms with E-state index in [1.807, 2.05) is 6.92 Å². The molecule has 0 aromatic rings. The standard InChI is InChI=1S/C10H20N2O3/c1-4-5-6-8(11)10(14)12(2)7-9(13)15-3/h8H,4-7,11H2,1-3H3/t8-/m0/s1. The fourth-order valence-electron chi connectivity index (χ4n) is 1.17. The van der Waals surface area contributed by atoms with E-state index in [0.29, 0.717) is 6.42 Å². The zero-order valence-electron chi connectivity index (χ0n) is 9.66. The SMILES string of the molecule is CCCC[C@H](N)C(=O)N(C)CC(=O)OC. The predicted molar refractivity (Wildman–Crippen MR) is 57.2 cm³/mol. The molecule has 2 N–H and O–H groups in total. The maximum absolute atomic E-state index is 11.6. The average Bonchev–Trinajstić information content (AvgIpc) is 2.24. The maximum Gasteiger partial charge on any atom is 0.325 e. The van der Waals surface area contributed by atoms with E-state index < -0.39 is 12.0 Å². The molecular weight excluding hydrogens is 196 g/mol. The molecule has 0 bridgehead atoms. The first-order chi connectivity index (χ1) is 7.02. The summed E-state index contributed by atoms with van der Waals surface area (Å²) in [5.74, 6) is -0.651. The van der Waals surface area contributed by atoms with Gasteiger partial charge in [-0.3, -0.25) is 9.59 Å². The van der Waals surface area contributed by atoms with Crippen LogP contribution in [-0.2, 0) is 14.3 Å². The number of hydrogen-bond acceptors (Lipinski definition) is 4. The number of ether oxygens (including phenoxy) is 1. The third kappa shape index (κ3) is 5.37. The van der Waals surface area contributed by atoms with Crippen molar-refractivity contribution in [2.45, 2.75) is 32.2 Å². The first-order valence-electron chi connectivity index (χ1n) is 5.10. The minimum Gasteiger partial charge on any atom is -0.468 e. The third-order valence-corrected chi connectivity index (χ3v) is 2.16. The molecule has 0 heterocycles. The van der Waals surface area contributed by atoms with Crippen LogP contribution in [0.5, 0.6) is 0 Å². The highest BCUT2D eigenvalue weighted by atomic mass is 16.5. The Morgan fingerprint density at radius 3 is 2.53 bits per heavy atom. The number of likely N-dealkylation sites (N-methyl/N-ethyl adjacent to an activating group) is 1. The molecule has 88 valence electrons. The number of methoxy groups -OCH3 is 1. The van der Waals surface area contributed by atoms with Crippen molar-refractivity contribution in [2.75, 3.05) is 20.7 Å². The Hall–Kier alpha value is -1.10. The van der Waals surface area contributed by atoms with Crippen molar-refractivity contribution in [2.24, 2.45) is 5.73 Å². The molecule has 5 heteroatoms. The lowest BCUT2D eigenvalue weighted by Gasteiger charge is -2.19. The predicted octanol–water partition coefficient (Wildman–Crippen LogP) is 0.135. The second-order valence-corrected chi connectivity index (χ2v) is 3.52. The molecule has 0 radical (unpaired) electrons. The summed E-state index contributed by atoms with van der Waals surface area (Å²) in [5.41, 5.74) is 5.68. The van der Waals surface area contributed by atoms with Crippen LogP contribution in [0.2, 0.25) is 0 Å². The normalized spacial score (nSPS) is 12.0. The highest BCUT2D eigenvalue weighted by molar-refractivity contribution is 5.85. The van der Waals surface area contributed by atoms with Gasteiger partial charge in [-0.25, -0.2) is 0 Å². The Balaban J connectivity index is 4.01. The highest BCUT2D eigenvalue weighted by Crippen LogP contribution is 2.01. The minimum absolute atomic E-state index is 0.0465. The van der Waals surface area contributed by atoms with Crippen LogP contribution in [-0.4, -0.2) is 43.5 Å². The summed E-state index contributed by atoms with van der Waals surface area (Å²) in [6.45, 7) is 1.99. The molecule has 0 aromatic heterocycles. The zero-order valence-corrected chi connectivity index (χ0v) is 9.66. The van der Waals surface area contributed by atoms with Crippen LogP contribution in [0.15, 0.2) is 0 Å². The summed E-state index contributed by atoms with van der Waals surface area (Å²) in [5, 5.41) is 0. The quantitative estimate of drug-likeness (QED) is 0.641. The van der Waals surface area contributed by atoms with Gasteiger partial charge >= 0.3 is 5.97 Å². The van der Waals surface area contributed by atoms with Gasteiger partial charge in [0.25, 0.3) is 0 Å². The maximum atomic E-state index is 11.6. The summed E-state index contributed by atoms with van der Waals surface area (Å²) >= 11 is 0. The lowest BCUT2D eigenvalue weighted by molar-refractivity contribution is -0.146. The van der Waals surface area contributed by atoms with E-state index >= 15 is 0 Å². The Morgan fingerprint density at radius 1 is 1.47 bits per heavy atom. The summed E-state index contributed by atoms with van der Waals surface area (Å²) in [6.07, 6.45) is 2.57. The fraction of sp³-hybridized carbons (Fsp3) is 0.800. The van der Waals surface area contributed by atoms with E-state index in [4.69, 9.17) is 5.73 Å². The molecule has 5 nitrogen and oxygen atoms in total. The number of carbonyl (C=O) groups excluding carboxylic acids is 2. The molecular formula is C10H20N2O3. The topological polar surface area (TPSA) is 72.6 Å². The lowest BCUT2D eigenvalue weighted by Crippen LogP contribution is -2.43. The fourth-order valence-corrected chi connectivity index (χ4v) is 1.17. The number of unbranched alkanes of at least 4 members (excludes halogenated alkanes) is 1. The largest absolute Gasteiger partial charge is 0.468 e. The van der Waals surface area contributed by atoms with Gasteiger partial charge in [0.05, 0.1) is 13.2 Å². The van der Waals surface area contributed by atoms with Gasteiger partial charge in [-0.15, -0.1) is 0 Å². The van der Waals surface area contributed by atoms with Crippen molar-refractivity contribution >= 4 is 11.9 Å². The van der Waals surface area contributed by atoms with Crippen LogP contribution < -0.4 is 5.73 Å². The van der Waals surface area contributed by atoms with Crippen molar-refractivity contribution in [3.8, 4) is 0 Å². The van der Waals surface area contributed by atoms with Crippen LogP contribution in [0.3, 0.4) is 0 Å². The molecule has 0 aromatic carbocycles. The molecule has 0 spiro atoms. The average molecular weight is 216 g/mol. The van der Waals surface area contributed by atoms with Gasteiger partial charge in [0.15, 0.2) is 0 Å². The summed E-state index contributed by atoms with van der Waals surface area (Å²) in [7, 11) is 2.84. The molecule has 0 aliphatic carbocycles. The van der Waals surface area contributed by atoms with Gasteiger partial charge in [-0.1, -0.05) is 19.8 Å². The van der Waals surface area contributed by atoms with Crippen LogP contribution in [0.1, 0.15) is 26.2 Å². The van der Waals surface area contributed by atoms with E-state index in [0.717, 1.165) is 12.8 Å². The van der Waals surface area contributed by atoms with Crippen molar-refractivity contribution in [1.29, 1.82) is 0 Å². The van der Waals surface area contributed by atoms with Crippen molar-refractivity contribution in [3.05, 3.63) is 0 Å².